The lowest BCUT2D eigenvalue weighted by Gasteiger charge is -2.40. The minimum atomic E-state index is 1.03. The second-order valence-corrected chi connectivity index (χ2v) is 11.2. The molecule has 12 atom stereocenters. The molecule has 0 saturated heterocycles. The molecular weight excluding hydrogens is 602 g/mol. The Hall–Kier alpha value is 0.940. The van der Waals surface area contributed by atoms with Gasteiger partial charge in [-0.05, 0) is 129 Å². The molecule has 8 aliphatic carbocycles. The molecule has 0 N–H and O–H groups in total. The van der Waals surface area contributed by atoms with E-state index in [0.29, 0.717) is 0 Å². The Morgan fingerprint density at radius 1 is 0.516 bits per heavy atom. The predicted molar refractivity (Wildman–Crippen MR) is 152 cm³/mol. The number of rotatable bonds is 0. The molecule has 0 aromatic carbocycles. The van der Waals surface area contributed by atoms with Crippen LogP contribution in [0.15, 0.2) is 24.3 Å². The number of hydrogen-bond acceptors (Lipinski definition) is 0. The summed E-state index contributed by atoms with van der Waals surface area (Å²) in [6.45, 7) is 8.00. The molecule has 6 fully saturated rings. The average Bonchev–Trinajstić information content (AvgIpc) is 3.68. The molecule has 2 heteroatoms. The summed E-state index contributed by atoms with van der Waals surface area (Å²) in [7, 11) is 0. The van der Waals surface area contributed by atoms with Crippen molar-refractivity contribution >= 4 is 37.2 Å². The van der Waals surface area contributed by atoms with Gasteiger partial charge in [-0.3, -0.25) is 0 Å². The second-order valence-electron chi connectivity index (χ2n) is 11.2. The lowest BCUT2D eigenvalue weighted by Crippen LogP contribution is -2.36. The van der Waals surface area contributed by atoms with Crippen molar-refractivity contribution in [1.82, 2.24) is 0 Å². The Morgan fingerprint density at radius 3 is 1.71 bits per heavy atom. The maximum absolute atomic E-state index is 2.59. The van der Waals surface area contributed by atoms with Gasteiger partial charge in [0.25, 0.3) is 0 Å². The normalized spacial score (nSPS) is 51.4. The molecule has 8 rings (SSSR count). The fourth-order valence-corrected chi connectivity index (χ4v) is 10.3. The molecule has 8 aliphatic rings. The summed E-state index contributed by atoms with van der Waals surface area (Å²) in [5.41, 5.74) is 0. The SMILES string of the molecule is C1=CC2C(C1)C1CC2C2C3CCC(C3)C12.C1=CC2C3CCC(C3)C2C1.CC.CC.II. The summed E-state index contributed by atoms with van der Waals surface area (Å²) >= 11 is 4.24. The van der Waals surface area contributed by atoms with Crippen LogP contribution in [0.3, 0.4) is 0 Å². The van der Waals surface area contributed by atoms with Crippen LogP contribution in [-0.2, 0) is 0 Å². The second kappa shape index (κ2) is 11.1. The summed E-state index contributed by atoms with van der Waals surface area (Å²) in [4.78, 5) is 0. The number of allylic oxidation sites excluding steroid dienone is 4. The lowest BCUT2D eigenvalue weighted by atomic mass is 9.64. The zero-order valence-corrected chi connectivity index (χ0v) is 24.7. The van der Waals surface area contributed by atoms with E-state index in [-0.39, 0.29) is 0 Å². The van der Waals surface area contributed by atoms with E-state index in [0.717, 1.165) is 47.3 Å². The summed E-state index contributed by atoms with van der Waals surface area (Å²) < 4.78 is 0. The summed E-state index contributed by atoms with van der Waals surface area (Å²) in [5, 5.41) is 0. The van der Waals surface area contributed by atoms with Gasteiger partial charge in [0.2, 0.25) is 0 Å². The van der Waals surface area contributed by atoms with E-state index in [1.54, 1.807) is 38.5 Å². The molecule has 0 aromatic rings. The standard InChI is InChI=1S/C15H20.C10H14.2C2H6.I2/c1-2-10-11(3-1)13-7-12(10)14-8-4-5-9(6-8)15(13)14;1-2-9-7-4-5-8(6-7)10(9)3-1;3*1-2/h1-2,8-15H,3-7H2;1-2,7-10H,3-6H2;2*1-2H3;. The van der Waals surface area contributed by atoms with Crippen LogP contribution in [0.1, 0.15) is 85.5 Å². The van der Waals surface area contributed by atoms with E-state index in [9.17, 15) is 0 Å². The quantitative estimate of drug-likeness (QED) is 0.139. The maximum atomic E-state index is 2.59. The van der Waals surface area contributed by atoms with Crippen LogP contribution >= 0.6 is 37.2 Å². The molecule has 0 heterocycles. The molecule has 6 bridgehead atoms. The average molecular weight is 648 g/mol. The van der Waals surface area contributed by atoms with Gasteiger partial charge in [-0.25, -0.2) is 0 Å². The van der Waals surface area contributed by atoms with E-state index in [1.165, 1.54) is 42.9 Å². The fraction of sp³-hybridized carbons (Fsp3) is 0.862. The Bertz CT molecular complexity index is 639. The first-order valence-electron chi connectivity index (χ1n) is 13.9. The van der Waals surface area contributed by atoms with Gasteiger partial charge < -0.3 is 0 Å². The fourth-order valence-electron chi connectivity index (χ4n) is 10.3. The van der Waals surface area contributed by atoms with Gasteiger partial charge in [-0.15, -0.1) is 0 Å². The summed E-state index contributed by atoms with van der Waals surface area (Å²) in [6, 6.07) is 0. The highest BCUT2D eigenvalue weighted by Gasteiger charge is 2.65. The third kappa shape index (κ3) is 4.16. The molecule has 0 aliphatic heterocycles. The van der Waals surface area contributed by atoms with Crippen molar-refractivity contribution in [3.05, 3.63) is 24.3 Å². The first-order valence-corrected chi connectivity index (χ1v) is 20.1. The van der Waals surface area contributed by atoms with Crippen LogP contribution in [0.5, 0.6) is 0 Å². The van der Waals surface area contributed by atoms with E-state index < -0.39 is 0 Å². The minimum absolute atomic E-state index is 1.03. The minimum Gasteiger partial charge on any atom is -0.0879 e. The molecule has 176 valence electrons. The zero-order valence-electron chi connectivity index (χ0n) is 20.4. The van der Waals surface area contributed by atoms with Gasteiger partial charge in [0.05, 0.1) is 0 Å². The number of fused-ring (bicyclic) bond motifs is 17. The van der Waals surface area contributed by atoms with Gasteiger partial charge >= 0.3 is 0 Å². The van der Waals surface area contributed by atoms with Crippen molar-refractivity contribution in [3.63, 3.8) is 0 Å². The highest BCUT2D eigenvalue weighted by Crippen LogP contribution is 2.71. The lowest BCUT2D eigenvalue weighted by molar-refractivity contribution is 0.0823. The van der Waals surface area contributed by atoms with E-state index >= 15 is 0 Å². The van der Waals surface area contributed by atoms with Crippen LogP contribution in [-0.4, -0.2) is 0 Å². The van der Waals surface area contributed by atoms with Crippen molar-refractivity contribution in [2.24, 2.45) is 71.0 Å². The molecule has 0 amide bonds. The van der Waals surface area contributed by atoms with Crippen molar-refractivity contribution in [1.29, 1.82) is 0 Å². The molecule has 0 radical (unpaired) electrons. The Labute approximate surface area is 216 Å². The monoisotopic (exact) mass is 648 g/mol. The van der Waals surface area contributed by atoms with Crippen molar-refractivity contribution in [2.45, 2.75) is 85.5 Å². The summed E-state index contributed by atoms with van der Waals surface area (Å²) in [6.07, 6.45) is 24.0. The Morgan fingerprint density at radius 2 is 1.03 bits per heavy atom. The van der Waals surface area contributed by atoms with E-state index in [4.69, 9.17) is 0 Å². The van der Waals surface area contributed by atoms with Gasteiger partial charge in [0.15, 0.2) is 0 Å². The molecule has 0 aromatic heterocycles. The van der Waals surface area contributed by atoms with Gasteiger partial charge in [-0.1, -0.05) is 52.0 Å². The van der Waals surface area contributed by atoms with Gasteiger partial charge in [-0.2, -0.15) is 0 Å². The third-order valence-electron chi connectivity index (χ3n) is 10.8. The van der Waals surface area contributed by atoms with Gasteiger partial charge in [0, 0.05) is 37.2 Å². The van der Waals surface area contributed by atoms with Crippen LogP contribution in [0, 0.1) is 71.0 Å². The van der Waals surface area contributed by atoms with Crippen molar-refractivity contribution in [2.75, 3.05) is 0 Å². The molecule has 31 heavy (non-hydrogen) atoms. The predicted octanol–water partition coefficient (Wildman–Crippen LogP) is 9.92. The Kier molecular flexibility index (Phi) is 8.98. The van der Waals surface area contributed by atoms with Crippen LogP contribution < -0.4 is 0 Å². The first kappa shape index (κ1) is 25.0. The molecule has 6 saturated carbocycles. The molecule has 12 unspecified atom stereocenters. The number of halogens is 2. The van der Waals surface area contributed by atoms with E-state index in [1.807, 2.05) is 27.7 Å². The molecular formula is C29H46I2. The topological polar surface area (TPSA) is 0 Å². The molecule has 0 nitrogen and oxygen atoms in total. The molecule has 0 spiro atoms. The Balaban J connectivity index is 0.000000127. The third-order valence-corrected chi connectivity index (χ3v) is 10.8. The zero-order chi connectivity index (χ0) is 22.1. The maximum Gasteiger partial charge on any atom is 0 e. The first-order chi connectivity index (χ1) is 15.4. The highest BCUT2D eigenvalue weighted by molar-refractivity contribution is 15.0. The largest absolute Gasteiger partial charge is 0.0879 e. The van der Waals surface area contributed by atoms with Gasteiger partial charge in [0.1, 0.15) is 0 Å². The number of hydrogen-bond donors (Lipinski definition) is 0. The van der Waals surface area contributed by atoms with Crippen molar-refractivity contribution in [3.8, 4) is 0 Å². The smallest absolute Gasteiger partial charge is 0 e. The van der Waals surface area contributed by atoms with Crippen LogP contribution in [0.25, 0.3) is 0 Å². The van der Waals surface area contributed by atoms with Crippen LogP contribution in [0.2, 0.25) is 0 Å². The van der Waals surface area contributed by atoms with Crippen molar-refractivity contribution < 1.29 is 0 Å². The van der Waals surface area contributed by atoms with Crippen LogP contribution in [0.4, 0.5) is 0 Å². The van der Waals surface area contributed by atoms with E-state index in [2.05, 4.69) is 61.5 Å². The summed E-state index contributed by atoms with van der Waals surface area (Å²) in [5.74, 6) is 13.5. The highest BCUT2D eigenvalue weighted by atomic mass is 128.